The Kier molecular flexibility index (Phi) is 9.97. The molecule has 0 aliphatic heterocycles. The number of carbonyl (C=O) groups is 1. The van der Waals surface area contributed by atoms with Gasteiger partial charge in [0.2, 0.25) is 16.0 Å². The van der Waals surface area contributed by atoms with E-state index in [0.29, 0.717) is 37.1 Å². The first kappa shape index (κ1) is 29.7. The number of hydrogen-bond acceptors (Lipinski definition) is 7. The van der Waals surface area contributed by atoms with E-state index in [0.717, 1.165) is 55.2 Å². The van der Waals surface area contributed by atoms with Gasteiger partial charge in [-0.2, -0.15) is 9.29 Å². The van der Waals surface area contributed by atoms with Gasteiger partial charge in [0.25, 0.3) is 5.91 Å². The number of nitrogens with one attached hydrogen (secondary N) is 2. The van der Waals surface area contributed by atoms with Gasteiger partial charge in [0.05, 0.1) is 10.4 Å². The molecule has 216 valence electrons. The Morgan fingerprint density at radius 3 is 2.20 bits per heavy atom. The molecule has 10 heteroatoms. The van der Waals surface area contributed by atoms with Gasteiger partial charge in [-0.05, 0) is 80.8 Å². The maximum Gasteiger partial charge on any atom is 0.251 e. The molecule has 0 saturated heterocycles. The van der Waals surface area contributed by atoms with Gasteiger partial charge >= 0.3 is 0 Å². The molecular weight excluding hydrogens is 524 g/mol. The van der Waals surface area contributed by atoms with E-state index in [9.17, 15) is 13.2 Å². The lowest BCUT2D eigenvalue weighted by Gasteiger charge is -2.29. The Morgan fingerprint density at radius 1 is 0.925 bits per heavy atom. The molecule has 0 atom stereocenters. The van der Waals surface area contributed by atoms with Gasteiger partial charge < -0.3 is 15.5 Å². The summed E-state index contributed by atoms with van der Waals surface area (Å²) in [4.78, 5) is 24.5. The van der Waals surface area contributed by atoms with Crippen molar-refractivity contribution in [3.63, 3.8) is 0 Å². The van der Waals surface area contributed by atoms with E-state index < -0.39 is 10.0 Å². The van der Waals surface area contributed by atoms with Crippen LogP contribution in [0, 0.1) is 5.92 Å². The lowest BCUT2D eigenvalue weighted by atomic mass is 9.86. The summed E-state index contributed by atoms with van der Waals surface area (Å²) in [5.41, 5.74) is 1.39. The van der Waals surface area contributed by atoms with Crippen molar-refractivity contribution < 1.29 is 13.2 Å². The first-order valence-corrected chi connectivity index (χ1v) is 15.8. The maximum absolute atomic E-state index is 13.0. The van der Waals surface area contributed by atoms with Crippen molar-refractivity contribution in [2.45, 2.75) is 63.3 Å². The van der Waals surface area contributed by atoms with Crippen LogP contribution in [0.15, 0.2) is 53.4 Å². The highest BCUT2D eigenvalue weighted by Crippen LogP contribution is 2.28. The number of hydrogen-bond donors (Lipinski definition) is 2. The van der Waals surface area contributed by atoms with Gasteiger partial charge in [-0.1, -0.05) is 26.0 Å². The summed E-state index contributed by atoms with van der Waals surface area (Å²) in [5, 5.41) is 7.61. The molecule has 0 bridgehead atoms. The van der Waals surface area contributed by atoms with Crippen molar-refractivity contribution >= 4 is 38.6 Å². The highest BCUT2D eigenvalue weighted by molar-refractivity contribution is 7.89. The second kappa shape index (κ2) is 13.4. The van der Waals surface area contributed by atoms with Crippen molar-refractivity contribution in [2.24, 2.45) is 5.92 Å². The molecule has 1 saturated carbocycles. The summed E-state index contributed by atoms with van der Waals surface area (Å²) in [5.74, 6) is 1.77. The third-order valence-electron chi connectivity index (χ3n) is 7.44. The van der Waals surface area contributed by atoms with Gasteiger partial charge in [-0.15, -0.1) is 0 Å². The minimum absolute atomic E-state index is 0.177. The van der Waals surface area contributed by atoms with E-state index >= 15 is 0 Å². The number of benzene rings is 2. The number of anilines is 2. The molecule has 1 heterocycles. The molecule has 2 aromatic carbocycles. The third-order valence-corrected chi connectivity index (χ3v) is 9.35. The summed E-state index contributed by atoms with van der Waals surface area (Å²) in [6.07, 6.45) is 5.46. The molecule has 40 heavy (non-hydrogen) atoms. The monoisotopic (exact) mass is 566 g/mol. The zero-order valence-electron chi connectivity index (χ0n) is 24.1. The first-order chi connectivity index (χ1) is 19.2. The van der Waals surface area contributed by atoms with Crippen molar-refractivity contribution in [3.8, 4) is 0 Å². The fourth-order valence-corrected chi connectivity index (χ4v) is 6.90. The van der Waals surface area contributed by atoms with Gasteiger partial charge in [0.1, 0.15) is 5.82 Å². The predicted octanol–water partition coefficient (Wildman–Crippen LogP) is 4.91. The number of rotatable bonds is 12. The molecule has 4 rings (SSSR count). The molecule has 9 nitrogen and oxygen atoms in total. The third kappa shape index (κ3) is 7.09. The largest absolute Gasteiger partial charge is 0.362 e. The summed E-state index contributed by atoms with van der Waals surface area (Å²) >= 11 is 0. The van der Waals surface area contributed by atoms with E-state index in [1.54, 1.807) is 12.1 Å². The zero-order chi connectivity index (χ0) is 28.7. The number of fused-ring (bicyclic) bond motifs is 1. The SMILES string of the molecule is CCCN(CCC)S(=O)(=O)c1ccc(C(=O)NCC2CCC(Nc3nc(N(C)C)c4ccccc4n3)CC2)cc1. The fraction of sp³-hybridized carbons (Fsp3) is 0.500. The fourth-order valence-electron chi connectivity index (χ4n) is 5.28. The molecule has 1 aromatic heterocycles. The summed E-state index contributed by atoms with van der Waals surface area (Å²) in [6.45, 7) is 5.51. The van der Waals surface area contributed by atoms with E-state index in [2.05, 4.69) is 10.6 Å². The molecule has 0 unspecified atom stereocenters. The molecule has 0 spiro atoms. The summed E-state index contributed by atoms with van der Waals surface area (Å²) in [6, 6.07) is 14.6. The number of sulfonamides is 1. The van der Waals surface area contributed by atoms with Gasteiger partial charge in [0.15, 0.2) is 0 Å². The number of aromatic nitrogens is 2. The Bertz CT molecular complexity index is 1380. The Balaban J connectivity index is 1.28. The van der Waals surface area contributed by atoms with Crippen molar-refractivity contribution in [1.29, 1.82) is 0 Å². The van der Waals surface area contributed by atoms with Crippen LogP contribution in [-0.4, -0.2) is 68.4 Å². The van der Waals surface area contributed by atoms with Crippen LogP contribution in [0.1, 0.15) is 62.7 Å². The van der Waals surface area contributed by atoms with E-state index in [1.807, 2.05) is 57.1 Å². The predicted molar refractivity (Wildman–Crippen MR) is 161 cm³/mol. The molecule has 3 aromatic rings. The van der Waals surface area contributed by atoms with Crippen molar-refractivity contribution in [1.82, 2.24) is 19.6 Å². The van der Waals surface area contributed by atoms with Crippen LogP contribution in [0.3, 0.4) is 0 Å². The second-order valence-corrected chi connectivity index (χ2v) is 12.7. The highest BCUT2D eigenvalue weighted by Gasteiger charge is 2.25. The summed E-state index contributed by atoms with van der Waals surface area (Å²) < 4.78 is 27.5. The standard InChI is InChI=1S/C30H42N6O3S/c1-5-19-36(20-6-2)40(38,39)25-17-13-23(14-18-25)29(37)31-21-22-11-15-24(16-12-22)32-30-33-27-10-8-7-9-26(27)28(34-30)35(3)4/h7-10,13-14,17-18,22,24H,5-6,11-12,15-16,19-21H2,1-4H3,(H,31,37)(H,32,33,34). The molecule has 0 radical (unpaired) electrons. The lowest BCUT2D eigenvalue weighted by Crippen LogP contribution is -2.34. The van der Waals surface area contributed by atoms with Crippen LogP contribution in [0.25, 0.3) is 10.9 Å². The smallest absolute Gasteiger partial charge is 0.251 e. The first-order valence-electron chi connectivity index (χ1n) is 14.3. The van der Waals surface area contributed by atoms with E-state index in [1.165, 1.54) is 16.4 Å². The van der Waals surface area contributed by atoms with Gasteiger partial charge in [0, 0.05) is 50.7 Å². The highest BCUT2D eigenvalue weighted by atomic mass is 32.2. The minimum Gasteiger partial charge on any atom is -0.362 e. The molecular formula is C30H42N6O3S. The lowest BCUT2D eigenvalue weighted by molar-refractivity contribution is 0.0943. The zero-order valence-corrected chi connectivity index (χ0v) is 24.9. The number of carbonyl (C=O) groups excluding carboxylic acids is 1. The average molecular weight is 567 g/mol. The molecule has 2 N–H and O–H groups in total. The minimum atomic E-state index is -3.56. The van der Waals surface area contributed by atoms with Gasteiger partial charge in [-0.3, -0.25) is 4.79 Å². The topological polar surface area (TPSA) is 108 Å². The van der Waals surface area contributed by atoms with Crippen LogP contribution in [-0.2, 0) is 10.0 Å². The average Bonchev–Trinajstić information content (AvgIpc) is 2.96. The van der Waals surface area contributed by atoms with Crippen molar-refractivity contribution in [3.05, 3.63) is 54.1 Å². The molecule has 1 fully saturated rings. The van der Waals surface area contributed by atoms with Crippen LogP contribution in [0.4, 0.5) is 11.8 Å². The number of amides is 1. The Labute approximate surface area is 238 Å². The quantitative estimate of drug-likeness (QED) is 0.321. The number of nitrogens with zero attached hydrogens (tertiary/aromatic N) is 4. The Morgan fingerprint density at radius 2 is 1.57 bits per heavy atom. The van der Waals surface area contributed by atoms with E-state index in [-0.39, 0.29) is 16.8 Å². The Hall–Kier alpha value is -3.24. The second-order valence-electron chi connectivity index (χ2n) is 10.8. The molecule has 1 amide bonds. The van der Waals surface area contributed by atoms with E-state index in [4.69, 9.17) is 9.97 Å². The maximum atomic E-state index is 13.0. The van der Waals surface area contributed by atoms with Crippen LogP contribution >= 0.6 is 0 Å². The number of para-hydroxylation sites is 1. The van der Waals surface area contributed by atoms with Crippen LogP contribution in [0.5, 0.6) is 0 Å². The normalized spacial score (nSPS) is 17.6. The summed E-state index contributed by atoms with van der Waals surface area (Å²) in [7, 11) is 0.419. The molecule has 1 aliphatic rings. The van der Waals surface area contributed by atoms with Crippen molar-refractivity contribution in [2.75, 3.05) is 43.9 Å². The van der Waals surface area contributed by atoms with Crippen LogP contribution in [0.2, 0.25) is 0 Å². The van der Waals surface area contributed by atoms with Gasteiger partial charge in [-0.25, -0.2) is 13.4 Å². The van der Waals surface area contributed by atoms with Crippen LogP contribution < -0.4 is 15.5 Å². The molecule has 1 aliphatic carbocycles.